The Bertz CT molecular complexity index is 1170. The molecular weight excluding hydrogens is 695 g/mol. The van der Waals surface area contributed by atoms with Gasteiger partial charge in [0.1, 0.15) is 18.4 Å². The van der Waals surface area contributed by atoms with Gasteiger partial charge in [0.25, 0.3) is 0 Å². The summed E-state index contributed by atoms with van der Waals surface area (Å²) in [5.74, 6) is -2.39. The number of aldehydes is 1. The van der Waals surface area contributed by atoms with Gasteiger partial charge in [0, 0.05) is 35.1 Å². The number of hydrazone groups is 1. The third kappa shape index (κ3) is 14.7. The SMILES string of the molecule is C.CC1(C)SC2CC(=O)N2C1C(=O)O.CC1SC(C(CO)NC(=O)CCCC(N)C=O)N(C)C1C(=O)O.NCN/N=C/C(N)CCCC(N)=O. The van der Waals surface area contributed by atoms with Crippen molar-refractivity contribution in [1.29, 1.82) is 0 Å². The molecule has 0 aliphatic carbocycles. The summed E-state index contributed by atoms with van der Waals surface area (Å²) in [4.78, 5) is 69.3. The first kappa shape index (κ1) is 47.0. The van der Waals surface area contributed by atoms with E-state index < -0.39 is 36.1 Å². The predicted molar refractivity (Wildman–Crippen MR) is 194 cm³/mol. The molecule has 3 heterocycles. The molecule has 8 unspecified atom stereocenters. The lowest BCUT2D eigenvalue weighted by Gasteiger charge is -2.36. The number of aliphatic hydroxyl groups is 1. The summed E-state index contributed by atoms with van der Waals surface area (Å²) in [5, 5.41) is 33.9. The number of hydrogen-bond acceptors (Lipinski definition) is 15. The molecule has 8 atom stereocenters. The summed E-state index contributed by atoms with van der Waals surface area (Å²) >= 11 is 3.00. The fourth-order valence-electron chi connectivity index (χ4n) is 5.45. The zero-order valence-electron chi connectivity index (χ0n) is 28.4. The molecule has 0 bridgehead atoms. The summed E-state index contributed by atoms with van der Waals surface area (Å²) in [7, 11) is 1.68. The number of fused-ring (bicyclic) bond motifs is 1. The average Bonchev–Trinajstić information content (AvgIpc) is 3.43. The number of carbonyl (C=O) groups excluding carboxylic acids is 4. The lowest BCUT2D eigenvalue weighted by atomic mass is 9.98. The molecule has 13 N–H and O–H groups in total. The Kier molecular flexibility index (Phi) is 21.4. The highest BCUT2D eigenvalue weighted by molar-refractivity contribution is 8.01. The van der Waals surface area contributed by atoms with E-state index in [1.54, 1.807) is 29.9 Å². The minimum atomic E-state index is -0.916. The Labute approximate surface area is 302 Å². The summed E-state index contributed by atoms with van der Waals surface area (Å²) in [5.41, 5.74) is 23.7. The highest BCUT2D eigenvalue weighted by Crippen LogP contribution is 2.50. The van der Waals surface area contributed by atoms with Crippen LogP contribution in [0.4, 0.5) is 0 Å². The van der Waals surface area contributed by atoms with E-state index in [0.717, 1.165) is 0 Å². The van der Waals surface area contributed by atoms with Crippen LogP contribution in [0.15, 0.2) is 5.10 Å². The van der Waals surface area contributed by atoms with Crippen LogP contribution in [-0.4, -0.2) is 139 Å². The maximum absolute atomic E-state index is 11.9. The number of thioether (sulfide) groups is 2. The van der Waals surface area contributed by atoms with Crippen LogP contribution in [-0.2, 0) is 28.8 Å². The van der Waals surface area contributed by atoms with Gasteiger partial charge in [-0.2, -0.15) is 5.10 Å². The van der Waals surface area contributed by atoms with E-state index in [1.807, 2.05) is 20.8 Å². The molecule has 0 radical (unpaired) electrons. The highest BCUT2D eigenvalue weighted by atomic mass is 32.2. The number of rotatable bonds is 17. The van der Waals surface area contributed by atoms with Gasteiger partial charge in [-0.1, -0.05) is 14.4 Å². The van der Waals surface area contributed by atoms with Gasteiger partial charge in [-0.25, -0.2) is 4.79 Å². The molecule has 50 heavy (non-hydrogen) atoms. The van der Waals surface area contributed by atoms with E-state index in [4.69, 9.17) is 28.0 Å². The van der Waals surface area contributed by atoms with Crippen molar-refractivity contribution in [2.24, 2.45) is 28.0 Å². The van der Waals surface area contributed by atoms with Crippen LogP contribution in [0.5, 0.6) is 0 Å². The van der Waals surface area contributed by atoms with Gasteiger partial charge in [0.2, 0.25) is 17.7 Å². The fraction of sp³-hybridized carbons (Fsp3) is 0.767. The number of nitrogens with two attached hydrogens (primary N) is 4. The number of carbonyl (C=O) groups is 6. The summed E-state index contributed by atoms with van der Waals surface area (Å²) in [6.45, 7) is 5.58. The Morgan fingerprint density at radius 3 is 2.16 bits per heavy atom. The van der Waals surface area contributed by atoms with Crippen LogP contribution in [0.25, 0.3) is 0 Å². The molecule has 288 valence electrons. The molecule has 3 aliphatic rings. The second kappa shape index (κ2) is 22.7. The molecule has 3 saturated heterocycles. The Balaban J connectivity index is 0.000000762. The largest absolute Gasteiger partial charge is 0.480 e. The second-order valence-electron chi connectivity index (χ2n) is 12.3. The zero-order chi connectivity index (χ0) is 37.5. The van der Waals surface area contributed by atoms with Gasteiger partial charge in [0.05, 0.1) is 42.5 Å². The number of hydrogen-bond donors (Lipinski definition) is 9. The molecule has 20 heteroatoms. The Morgan fingerprint density at radius 1 is 1.10 bits per heavy atom. The molecule has 3 fully saturated rings. The Hall–Kier alpha value is -3.01. The van der Waals surface area contributed by atoms with Gasteiger partial charge in [-0.05, 0) is 46.6 Å². The number of aliphatic carboxylic acids is 2. The van der Waals surface area contributed by atoms with Gasteiger partial charge in [-0.3, -0.25) is 29.5 Å². The number of aliphatic hydroxyl groups excluding tert-OH is 1. The van der Waals surface area contributed by atoms with Crippen LogP contribution in [0.3, 0.4) is 0 Å². The van der Waals surface area contributed by atoms with E-state index in [2.05, 4.69) is 15.8 Å². The lowest BCUT2D eigenvalue weighted by Crippen LogP contribution is -2.56. The molecule has 0 aromatic heterocycles. The minimum Gasteiger partial charge on any atom is -0.480 e. The van der Waals surface area contributed by atoms with Crippen LogP contribution < -0.4 is 33.7 Å². The van der Waals surface area contributed by atoms with E-state index >= 15 is 0 Å². The molecule has 0 spiro atoms. The lowest BCUT2D eigenvalue weighted by molar-refractivity contribution is -0.157. The molecule has 3 aliphatic heterocycles. The molecule has 0 aromatic rings. The van der Waals surface area contributed by atoms with Crippen molar-refractivity contribution in [1.82, 2.24) is 20.5 Å². The van der Waals surface area contributed by atoms with Crippen molar-refractivity contribution in [3.05, 3.63) is 0 Å². The van der Waals surface area contributed by atoms with Crippen molar-refractivity contribution in [2.45, 2.75) is 124 Å². The minimum absolute atomic E-state index is 0. The first-order valence-electron chi connectivity index (χ1n) is 15.8. The van der Waals surface area contributed by atoms with E-state index in [1.165, 1.54) is 16.7 Å². The van der Waals surface area contributed by atoms with Crippen LogP contribution in [0.2, 0.25) is 0 Å². The molecule has 18 nitrogen and oxygen atoms in total. The number of β-lactam (4-membered cyclic amide) rings is 1. The number of nitrogens with one attached hydrogen (secondary N) is 2. The van der Waals surface area contributed by atoms with Crippen molar-refractivity contribution >= 4 is 65.7 Å². The summed E-state index contributed by atoms with van der Waals surface area (Å²) < 4.78 is -0.358. The summed E-state index contributed by atoms with van der Waals surface area (Å²) in [6.07, 6.45) is 5.56. The molecular formula is C30H57N9O9S2. The van der Waals surface area contributed by atoms with Crippen molar-refractivity contribution in [3.63, 3.8) is 0 Å². The van der Waals surface area contributed by atoms with Gasteiger partial charge in [0.15, 0.2) is 0 Å². The van der Waals surface area contributed by atoms with Gasteiger partial charge < -0.3 is 53.3 Å². The fourth-order valence-corrected chi connectivity index (χ4v) is 8.64. The van der Waals surface area contributed by atoms with Crippen LogP contribution in [0.1, 0.15) is 73.1 Å². The average molecular weight is 752 g/mol. The van der Waals surface area contributed by atoms with E-state index in [-0.39, 0.29) is 71.6 Å². The first-order valence-corrected chi connectivity index (χ1v) is 17.7. The van der Waals surface area contributed by atoms with Gasteiger partial charge >= 0.3 is 11.9 Å². The van der Waals surface area contributed by atoms with Crippen LogP contribution in [0, 0.1) is 0 Å². The maximum Gasteiger partial charge on any atom is 0.327 e. The van der Waals surface area contributed by atoms with Crippen molar-refractivity contribution in [3.8, 4) is 0 Å². The summed E-state index contributed by atoms with van der Waals surface area (Å²) in [6, 6.07) is -2.57. The van der Waals surface area contributed by atoms with Crippen molar-refractivity contribution < 1.29 is 44.1 Å². The van der Waals surface area contributed by atoms with Gasteiger partial charge in [-0.15, -0.1) is 23.5 Å². The maximum atomic E-state index is 11.9. The molecule has 0 saturated carbocycles. The van der Waals surface area contributed by atoms with Crippen molar-refractivity contribution in [2.75, 3.05) is 20.3 Å². The molecule has 0 aromatic carbocycles. The second-order valence-corrected chi connectivity index (χ2v) is 15.6. The topological polar surface area (TPSA) is 310 Å². The van der Waals surface area contributed by atoms with E-state index in [0.29, 0.717) is 44.8 Å². The highest BCUT2D eigenvalue weighted by Gasteiger charge is 2.58. The number of carboxylic acid groups (broad SMARTS) is 2. The third-order valence-electron chi connectivity index (χ3n) is 7.86. The number of carboxylic acids is 2. The molecule has 3 rings (SSSR count). The zero-order valence-corrected chi connectivity index (χ0v) is 30.0. The number of nitrogens with zero attached hydrogens (tertiary/aromatic N) is 3. The first-order chi connectivity index (χ1) is 22.9. The molecule has 3 amide bonds. The normalized spacial score (nSPS) is 25.2. The Morgan fingerprint density at radius 2 is 1.70 bits per heavy atom. The quantitative estimate of drug-likeness (QED) is 0.0272. The monoisotopic (exact) mass is 751 g/mol. The van der Waals surface area contributed by atoms with Crippen LogP contribution >= 0.6 is 23.5 Å². The third-order valence-corrected chi connectivity index (χ3v) is 11.0. The smallest absolute Gasteiger partial charge is 0.327 e. The number of amides is 3. The van der Waals surface area contributed by atoms with E-state index in [9.17, 15) is 39.0 Å². The number of primary amides is 1. The standard InChI is InChI=1S/C14H25N3O5S.C8H11NO3S.C7H17N5O.CH4/c1-8-12(14(21)22)17(2)13(23-8)10(7-19)16-11(20)5-3-4-9(15)6-18;1-8(2)6(7(11)12)9-4(10)3-5(9)13-8;8-5-12-11-4-6(9)2-1-3-7(10)13;/h6,8-10,12-13,19H,3-5,7,15H2,1-2H3,(H,16,20)(H,21,22);5-6H,3H2,1-2H3,(H,11,12);4,6,12H,1-3,5,8-9H2,(H2,10,13);1H4/b;;11-4+;. The number of likely N-dealkylation sites (N-methyl/N-ethyl adjacent to an activating group) is 1. The predicted octanol–water partition coefficient (Wildman–Crippen LogP) is -1.37.